The molecule has 0 spiro atoms. The quantitative estimate of drug-likeness (QED) is 0.326. The van der Waals surface area contributed by atoms with E-state index < -0.39 is 47.6 Å². The number of amides is 1. The van der Waals surface area contributed by atoms with Gasteiger partial charge in [-0.1, -0.05) is 18.6 Å². The van der Waals surface area contributed by atoms with Gasteiger partial charge in [-0.05, 0) is 52.2 Å². The second kappa shape index (κ2) is 9.38. The number of hydrogen-bond acceptors (Lipinski definition) is 6. The van der Waals surface area contributed by atoms with Gasteiger partial charge in [-0.3, -0.25) is 4.79 Å². The molecule has 12 heteroatoms. The van der Waals surface area contributed by atoms with Crippen LogP contribution in [0, 0.1) is 5.41 Å². The molecule has 35 heavy (non-hydrogen) atoms. The maximum absolute atomic E-state index is 13.5. The number of ether oxygens (including phenoxy) is 2. The Labute approximate surface area is 207 Å². The van der Waals surface area contributed by atoms with Crippen molar-refractivity contribution in [3.8, 4) is 0 Å². The van der Waals surface area contributed by atoms with E-state index in [1.165, 1.54) is 0 Å². The molecule has 2 heterocycles. The summed E-state index contributed by atoms with van der Waals surface area (Å²) in [5.74, 6) is -0.613. The monoisotopic (exact) mass is 515 g/mol. The predicted octanol–water partition coefficient (Wildman–Crippen LogP) is 3.99. The predicted molar refractivity (Wildman–Crippen MR) is 127 cm³/mol. The van der Waals surface area contributed by atoms with Crippen LogP contribution >= 0.6 is 12.2 Å². The number of amidine groups is 1. The van der Waals surface area contributed by atoms with Crippen molar-refractivity contribution in [3.05, 3.63) is 35.8 Å². The number of nitrogens with one attached hydrogen (secondary N) is 1. The van der Waals surface area contributed by atoms with Gasteiger partial charge in [0.2, 0.25) is 11.5 Å². The van der Waals surface area contributed by atoms with E-state index in [0.29, 0.717) is 31.3 Å². The second-order valence-electron chi connectivity index (χ2n) is 9.93. The molecule has 3 N–H and O–H groups in total. The van der Waals surface area contributed by atoms with Gasteiger partial charge in [0.15, 0.2) is 0 Å². The van der Waals surface area contributed by atoms with E-state index in [1.807, 2.05) is 0 Å². The Balaban J connectivity index is 1.89. The van der Waals surface area contributed by atoms with Crippen LogP contribution in [0.5, 0.6) is 0 Å². The highest BCUT2D eigenvalue weighted by Crippen LogP contribution is 2.49. The van der Waals surface area contributed by atoms with Crippen LogP contribution < -0.4 is 11.1 Å². The van der Waals surface area contributed by atoms with Crippen LogP contribution in [0.3, 0.4) is 0 Å². The number of allylic oxidation sites excluding steroid dienone is 3. The number of rotatable bonds is 5. The fraction of sp³-hybridized carbons (Fsp3) is 0.565. The van der Waals surface area contributed by atoms with Crippen LogP contribution in [-0.2, 0) is 14.3 Å². The number of aliphatic imine (C=N–C) groups is 1. The van der Waals surface area contributed by atoms with E-state index >= 15 is 0 Å². The van der Waals surface area contributed by atoms with Gasteiger partial charge in [-0.15, -0.1) is 0 Å². The lowest BCUT2D eigenvalue weighted by Crippen LogP contribution is -2.56. The summed E-state index contributed by atoms with van der Waals surface area (Å²) in [7, 11) is 1.57. The van der Waals surface area contributed by atoms with Crippen LogP contribution in [0.25, 0.3) is 0 Å². The van der Waals surface area contributed by atoms with Crippen molar-refractivity contribution in [2.45, 2.75) is 64.3 Å². The SMILES string of the molecule is CC(C)(C)OC(=O)NCC(=O)OC1CCCCC1(C(N)=S)C1=CC=C[N+]2(C)C=C(C(F)(F)F)N=C12. The van der Waals surface area contributed by atoms with Crippen molar-refractivity contribution in [2.24, 2.45) is 16.1 Å². The van der Waals surface area contributed by atoms with E-state index in [2.05, 4.69) is 10.3 Å². The van der Waals surface area contributed by atoms with Crippen LogP contribution in [-0.4, -0.2) is 58.8 Å². The molecule has 0 bridgehead atoms. The molecule has 0 saturated heterocycles. The number of alkyl halides is 3. The van der Waals surface area contributed by atoms with E-state index in [-0.39, 0.29) is 15.3 Å². The third kappa shape index (κ3) is 5.58. The Hall–Kier alpha value is -2.73. The maximum Gasteiger partial charge on any atom is 0.438 e. The first kappa shape index (κ1) is 26.9. The van der Waals surface area contributed by atoms with Crippen molar-refractivity contribution in [1.82, 2.24) is 5.32 Å². The summed E-state index contributed by atoms with van der Waals surface area (Å²) in [6.07, 6.45) is 1.75. The minimum atomic E-state index is -4.63. The van der Waals surface area contributed by atoms with Gasteiger partial charge in [0.05, 0.1) is 23.0 Å². The fourth-order valence-corrected chi connectivity index (χ4v) is 4.90. The first-order chi connectivity index (χ1) is 16.1. The number of carbonyl (C=O) groups is 2. The Bertz CT molecular complexity index is 1040. The lowest BCUT2D eigenvalue weighted by atomic mass is 9.65. The minimum absolute atomic E-state index is 0.00589. The zero-order valence-corrected chi connectivity index (χ0v) is 20.9. The van der Waals surface area contributed by atoms with Crippen molar-refractivity contribution in [1.29, 1.82) is 0 Å². The molecule has 8 nitrogen and oxygen atoms in total. The molecule has 1 fully saturated rings. The summed E-state index contributed by atoms with van der Waals surface area (Å²) in [6, 6.07) is 0. The summed E-state index contributed by atoms with van der Waals surface area (Å²) in [6.45, 7) is 4.61. The topological polar surface area (TPSA) is 103 Å². The first-order valence-electron chi connectivity index (χ1n) is 11.2. The average molecular weight is 516 g/mol. The number of carbonyl (C=O) groups excluding carboxylic acids is 2. The first-order valence-corrected chi connectivity index (χ1v) is 11.6. The number of likely N-dealkylation sites (N-methyl/N-ethyl adjacent to an activating group) is 1. The molecule has 0 aromatic carbocycles. The van der Waals surface area contributed by atoms with E-state index in [9.17, 15) is 22.8 Å². The number of esters is 1. The highest BCUT2D eigenvalue weighted by atomic mass is 32.1. The molecule has 0 radical (unpaired) electrons. The van der Waals surface area contributed by atoms with Crippen molar-refractivity contribution < 1.29 is 36.7 Å². The van der Waals surface area contributed by atoms with Gasteiger partial charge in [-0.2, -0.15) is 18.2 Å². The molecular weight excluding hydrogens is 485 g/mol. The van der Waals surface area contributed by atoms with Crippen LogP contribution in [0.15, 0.2) is 40.8 Å². The van der Waals surface area contributed by atoms with E-state index in [1.54, 1.807) is 46.2 Å². The lowest BCUT2D eigenvalue weighted by molar-refractivity contribution is -0.705. The summed E-state index contributed by atoms with van der Waals surface area (Å²) in [4.78, 5) is 28.5. The number of fused-ring (bicyclic) bond motifs is 1. The summed E-state index contributed by atoms with van der Waals surface area (Å²) in [5.41, 5.74) is 3.64. The van der Waals surface area contributed by atoms with E-state index in [4.69, 9.17) is 27.4 Å². The van der Waals surface area contributed by atoms with E-state index in [0.717, 1.165) is 6.20 Å². The van der Waals surface area contributed by atoms with Gasteiger partial charge < -0.3 is 20.5 Å². The van der Waals surface area contributed by atoms with Gasteiger partial charge in [0, 0.05) is 0 Å². The lowest BCUT2D eigenvalue weighted by Gasteiger charge is -2.45. The van der Waals surface area contributed by atoms with Gasteiger partial charge in [0.1, 0.15) is 30.6 Å². The Morgan fingerprint density at radius 1 is 1.31 bits per heavy atom. The summed E-state index contributed by atoms with van der Waals surface area (Å²) in [5, 5.41) is 2.34. The van der Waals surface area contributed by atoms with Gasteiger partial charge in [0.25, 0.3) is 0 Å². The standard InChI is InChI=1S/C23H29F3N4O4S/c1-21(2,3)34-20(32)28-12-17(31)33-16-9-5-6-10-22(16,19(27)35)14-8-7-11-30(4)13-15(23(24,25)26)29-18(14)30/h7-8,11,13,16H,5-6,9-10,12H2,1-4H3,(H2-,27,28,32,35)/p+1. The number of thiocarbonyl (C=S) groups is 1. The fourth-order valence-electron chi connectivity index (χ4n) is 4.56. The highest BCUT2D eigenvalue weighted by Gasteiger charge is 2.56. The van der Waals surface area contributed by atoms with Crippen molar-refractivity contribution in [3.63, 3.8) is 0 Å². The average Bonchev–Trinajstić information content (AvgIpc) is 3.09. The van der Waals surface area contributed by atoms with Crippen LogP contribution in [0.4, 0.5) is 18.0 Å². The van der Waals surface area contributed by atoms with Crippen molar-refractivity contribution in [2.75, 3.05) is 13.6 Å². The second-order valence-corrected chi connectivity index (χ2v) is 10.4. The molecular formula is C23H30F3N4O4S+. The molecule has 3 atom stereocenters. The molecule has 2 aliphatic heterocycles. The third-order valence-corrected chi connectivity index (χ3v) is 6.43. The third-order valence-electron chi connectivity index (χ3n) is 6.07. The number of hydrogen-bond donors (Lipinski definition) is 2. The number of quaternary nitrogens is 1. The molecule has 1 saturated carbocycles. The van der Waals surface area contributed by atoms with Crippen LogP contribution in [0.2, 0.25) is 0 Å². The molecule has 0 aromatic heterocycles. The smallest absolute Gasteiger partial charge is 0.438 e. The molecule has 3 unspecified atom stereocenters. The zero-order valence-electron chi connectivity index (χ0n) is 20.1. The highest BCUT2D eigenvalue weighted by molar-refractivity contribution is 7.80. The minimum Gasteiger partial charge on any atom is -0.460 e. The molecule has 0 aromatic rings. The molecule has 3 aliphatic rings. The van der Waals surface area contributed by atoms with Crippen LogP contribution in [0.1, 0.15) is 46.5 Å². The Morgan fingerprint density at radius 2 is 2.00 bits per heavy atom. The number of nitrogens with two attached hydrogens (primary N) is 1. The maximum atomic E-state index is 13.5. The molecule has 1 amide bonds. The Kier molecular flexibility index (Phi) is 7.20. The number of alkyl carbamates (subject to hydrolysis) is 1. The molecule has 3 rings (SSSR count). The summed E-state index contributed by atoms with van der Waals surface area (Å²) < 4.78 is 51.0. The number of halogens is 3. The summed E-state index contributed by atoms with van der Waals surface area (Å²) >= 11 is 5.43. The molecule has 1 aliphatic carbocycles. The zero-order chi connectivity index (χ0) is 26.2. The normalized spacial score (nSPS) is 28.3. The molecule has 192 valence electrons. The Morgan fingerprint density at radius 3 is 2.60 bits per heavy atom. The van der Waals surface area contributed by atoms with Gasteiger partial charge >= 0.3 is 18.2 Å². The largest absolute Gasteiger partial charge is 0.460 e. The van der Waals surface area contributed by atoms with Crippen molar-refractivity contribution >= 4 is 35.1 Å². The number of nitrogens with zero attached hydrogens (tertiary/aromatic N) is 2. The van der Waals surface area contributed by atoms with Gasteiger partial charge in [-0.25, -0.2) is 9.28 Å².